The molecular formula is C18H20FN3O3S. The molecule has 3 N–H and O–H groups in total. The van der Waals surface area contributed by atoms with Crippen molar-refractivity contribution in [3.05, 3.63) is 59.4 Å². The van der Waals surface area contributed by atoms with Crippen LogP contribution in [0.1, 0.15) is 22.3 Å². The Hall–Kier alpha value is -2.45. The van der Waals surface area contributed by atoms with Gasteiger partial charge in [-0.05, 0) is 49.2 Å². The molecule has 1 aliphatic heterocycles. The minimum atomic E-state index is -3.96. The van der Waals surface area contributed by atoms with Gasteiger partial charge in [0.05, 0.1) is 16.1 Å². The molecule has 1 amide bonds. The number of hydrogen-bond acceptors (Lipinski definition) is 4. The number of carbonyl (C=O) groups excluding carboxylic acids is 1. The van der Waals surface area contributed by atoms with Crippen LogP contribution in [0, 0.1) is 12.7 Å². The van der Waals surface area contributed by atoms with Crippen LogP contribution in [0.15, 0.2) is 47.4 Å². The molecule has 3 rings (SSSR count). The van der Waals surface area contributed by atoms with Gasteiger partial charge in [0, 0.05) is 19.1 Å². The molecule has 0 spiro atoms. The lowest BCUT2D eigenvalue weighted by Gasteiger charge is -2.18. The van der Waals surface area contributed by atoms with Crippen LogP contribution >= 0.6 is 0 Å². The van der Waals surface area contributed by atoms with E-state index in [4.69, 9.17) is 5.73 Å². The normalized spacial score (nSPS) is 17.3. The molecule has 1 aliphatic rings. The fraction of sp³-hybridized carbons (Fsp3) is 0.278. The highest BCUT2D eigenvalue weighted by Gasteiger charge is 2.27. The van der Waals surface area contributed by atoms with Crippen LogP contribution in [0.5, 0.6) is 0 Å². The molecule has 2 aromatic carbocycles. The topological polar surface area (TPSA) is 92.5 Å². The number of likely N-dealkylation sites (tertiary alicyclic amines) is 1. The van der Waals surface area contributed by atoms with Gasteiger partial charge in [-0.1, -0.05) is 12.1 Å². The molecule has 1 saturated heterocycles. The van der Waals surface area contributed by atoms with Gasteiger partial charge in [0.25, 0.3) is 15.9 Å². The van der Waals surface area contributed by atoms with Crippen molar-refractivity contribution < 1.29 is 17.6 Å². The number of aryl methyl sites for hydroxylation is 1. The molecule has 6 nitrogen and oxygen atoms in total. The van der Waals surface area contributed by atoms with Crippen LogP contribution < -0.4 is 10.5 Å². The Labute approximate surface area is 151 Å². The van der Waals surface area contributed by atoms with Crippen molar-refractivity contribution in [2.24, 2.45) is 5.73 Å². The van der Waals surface area contributed by atoms with E-state index in [2.05, 4.69) is 4.72 Å². The third-order valence-corrected chi connectivity index (χ3v) is 5.72. The van der Waals surface area contributed by atoms with E-state index in [1.54, 1.807) is 23.1 Å². The third kappa shape index (κ3) is 3.71. The van der Waals surface area contributed by atoms with Crippen LogP contribution in [0.4, 0.5) is 10.1 Å². The molecule has 138 valence electrons. The van der Waals surface area contributed by atoms with Crippen molar-refractivity contribution in [2.45, 2.75) is 24.3 Å². The summed E-state index contributed by atoms with van der Waals surface area (Å²) in [5, 5.41) is 0. The molecule has 0 aliphatic carbocycles. The summed E-state index contributed by atoms with van der Waals surface area (Å²) in [4.78, 5) is 14.3. The van der Waals surface area contributed by atoms with Crippen molar-refractivity contribution in [3.63, 3.8) is 0 Å². The Morgan fingerprint density at radius 3 is 2.65 bits per heavy atom. The number of nitrogens with one attached hydrogen (secondary N) is 1. The van der Waals surface area contributed by atoms with Gasteiger partial charge >= 0.3 is 0 Å². The van der Waals surface area contributed by atoms with Gasteiger partial charge in [0.15, 0.2) is 0 Å². The number of halogens is 1. The predicted molar refractivity (Wildman–Crippen MR) is 96.9 cm³/mol. The van der Waals surface area contributed by atoms with Gasteiger partial charge < -0.3 is 10.6 Å². The SMILES string of the molecule is Cc1cc(S(=O)(=O)Nc2ccccc2C(=O)N2CC[C@@H](N)C2)ccc1F. The minimum absolute atomic E-state index is 0.0648. The minimum Gasteiger partial charge on any atom is -0.337 e. The molecule has 0 aromatic heterocycles. The predicted octanol–water partition coefficient (Wildman–Crippen LogP) is 2.11. The quantitative estimate of drug-likeness (QED) is 0.854. The summed E-state index contributed by atoms with van der Waals surface area (Å²) in [7, 11) is -3.96. The Morgan fingerprint density at radius 1 is 1.27 bits per heavy atom. The first-order valence-electron chi connectivity index (χ1n) is 8.21. The summed E-state index contributed by atoms with van der Waals surface area (Å²) in [5.74, 6) is -0.753. The van der Waals surface area contributed by atoms with Gasteiger partial charge in [-0.3, -0.25) is 9.52 Å². The maximum absolute atomic E-state index is 13.4. The molecule has 1 heterocycles. The van der Waals surface area contributed by atoms with Crippen molar-refractivity contribution in [1.82, 2.24) is 4.90 Å². The van der Waals surface area contributed by atoms with E-state index in [0.717, 1.165) is 6.07 Å². The molecule has 1 fully saturated rings. The van der Waals surface area contributed by atoms with Crippen molar-refractivity contribution in [2.75, 3.05) is 17.8 Å². The van der Waals surface area contributed by atoms with E-state index < -0.39 is 15.8 Å². The highest BCUT2D eigenvalue weighted by atomic mass is 32.2. The second-order valence-corrected chi connectivity index (χ2v) is 8.04. The first kappa shape index (κ1) is 18.3. The number of nitrogens with zero attached hydrogens (tertiary/aromatic N) is 1. The number of rotatable bonds is 4. The van der Waals surface area contributed by atoms with Crippen molar-refractivity contribution in [3.8, 4) is 0 Å². The second-order valence-electron chi connectivity index (χ2n) is 6.36. The average molecular weight is 377 g/mol. The van der Waals surface area contributed by atoms with Crippen molar-refractivity contribution >= 4 is 21.6 Å². The molecule has 0 bridgehead atoms. The van der Waals surface area contributed by atoms with Gasteiger partial charge in [0.1, 0.15) is 5.82 Å². The van der Waals surface area contributed by atoms with Crippen LogP contribution in [0.2, 0.25) is 0 Å². The van der Waals surface area contributed by atoms with E-state index in [9.17, 15) is 17.6 Å². The monoisotopic (exact) mass is 377 g/mol. The number of sulfonamides is 1. The molecule has 8 heteroatoms. The van der Waals surface area contributed by atoms with Crippen LogP contribution in [0.25, 0.3) is 0 Å². The smallest absolute Gasteiger partial charge is 0.261 e. The van der Waals surface area contributed by atoms with Crippen molar-refractivity contribution in [1.29, 1.82) is 0 Å². The summed E-state index contributed by atoms with van der Waals surface area (Å²) in [6, 6.07) is 9.88. The number of carbonyl (C=O) groups is 1. The van der Waals surface area contributed by atoms with E-state index in [1.807, 2.05) is 0 Å². The van der Waals surface area contributed by atoms with E-state index in [-0.39, 0.29) is 33.7 Å². The van der Waals surface area contributed by atoms with Gasteiger partial charge in [-0.25, -0.2) is 12.8 Å². The summed E-state index contributed by atoms with van der Waals surface area (Å²) < 4.78 is 41.1. The summed E-state index contributed by atoms with van der Waals surface area (Å²) in [6.07, 6.45) is 0.717. The van der Waals surface area contributed by atoms with Crippen LogP contribution in [-0.4, -0.2) is 38.4 Å². The average Bonchev–Trinajstić information content (AvgIpc) is 3.03. The van der Waals surface area contributed by atoms with Gasteiger partial charge in [-0.15, -0.1) is 0 Å². The van der Waals surface area contributed by atoms with Crippen LogP contribution in [0.3, 0.4) is 0 Å². The lowest BCUT2D eigenvalue weighted by molar-refractivity contribution is 0.0792. The summed E-state index contributed by atoms with van der Waals surface area (Å²) >= 11 is 0. The zero-order valence-corrected chi connectivity index (χ0v) is 15.1. The highest BCUT2D eigenvalue weighted by Crippen LogP contribution is 2.24. The highest BCUT2D eigenvalue weighted by molar-refractivity contribution is 7.92. The Balaban J connectivity index is 1.90. The molecule has 0 unspecified atom stereocenters. The zero-order chi connectivity index (χ0) is 18.9. The fourth-order valence-corrected chi connectivity index (χ4v) is 4.05. The van der Waals surface area contributed by atoms with Gasteiger partial charge in [-0.2, -0.15) is 0 Å². The summed E-state index contributed by atoms with van der Waals surface area (Å²) in [5.41, 5.74) is 6.51. The first-order chi connectivity index (χ1) is 12.3. The van der Waals surface area contributed by atoms with E-state index in [1.165, 1.54) is 25.1 Å². The maximum atomic E-state index is 13.4. The standard InChI is InChI=1S/C18H20FN3O3S/c1-12-10-14(6-7-16(12)19)26(24,25)21-17-5-3-2-4-15(17)18(23)22-9-8-13(20)11-22/h2-7,10,13,21H,8-9,11,20H2,1H3/t13-/m1/s1. The van der Waals surface area contributed by atoms with Crippen LogP contribution in [-0.2, 0) is 10.0 Å². The largest absolute Gasteiger partial charge is 0.337 e. The fourth-order valence-electron chi connectivity index (χ4n) is 2.89. The number of anilines is 1. The molecule has 1 atom stereocenters. The lowest BCUT2D eigenvalue weighted by Crippen LogP contribution is -2.32. The molecule has 0 saturated carbocycles. The zero-order valence-electron chi connectivity index (χ0n) is 14.3. The number of nitrogens with two attached hydrogens (primary N) is 1. The number of amides is 1. The Kier molecular flexibility index (Phi) is 4.97. The summed E-state index contributed by atoms with van der Waals surface area (Å²) in [6.45, 7) is 2.47. The van der Waals surface area contributed by atoms with Gasteiger partial charge in [0.2, 0.25) is 0 Å². The van der Waals surface area contributed by atoms with E-state index in [0.29, 0.717) is 19.5 Å². The molecule has 2 aromatic rings. The molecule has 0 radical (unpaired) electrons. The molecular weight excluding hydrogens is 357 g/mol. The third-order valence-electron chi connectivity index (χ3n) is 4.35. The molecule has 26 heavy (non-hydrogen) atoms. The number of para-hydroxylation sites is 1. The lowest BCUT2D eigenvalue weighted by atomic mass is 10.1. The van der Waals surface area contributed by atoms with E-state index >= 15 is 0 Å². The second kappa shape index (κ2) is 7.05. The maximum Gasteiger partial charge on any atom is 0.261 e. The number of hydrogen-bond donors (Lipinski definition) is 2. The Morgan fingerprint density at radius 2 is 2.00 bits per heavy atom. The number of benzene rings is 2. The first-order valence-corrected chi connectivity index (χ1v) is 9.69. The Bertz CT molecular complexity index is 946.